The number of benzene rings is 4. The van der Waals surface area contributed by atoms with Crippen molar-refractivity contribution in [1.29, 1.82) is 0 Å². The van der Waals surface area contributed by atoms with Crippen LogP contribution in [0.15, 0.2) is 78.9 Å². The molecular weight excluding hydrogens is 452 g/mol. The van der Waals surface area contributed by atoms with E-state index in [1.54, 1.807) is 24.3 Å². The monoisotopic (exact) mass is 482 g/mol. The maximum Gasteiger partial charge on any atom is 0.248 e. The highest BCUT2D eigenvalue weighted by atomic mass is 16.5. The molecule has 1 fully saturated rings. The maximum absolute atomic E-state index is 11.5. The first-order chi connectivity index (χ1) is 17.6. The second-order valence-electron chi connectivity index (χ2n) is 9.11. The number of likely N-dealkylation sites (tertiary alicyclic amines) is 1. The van der Waals surface area contributed by atoms with Crippen molar-refractivity contribution in [3.05, 3.63) is 84.4 Å². The second-order valence-corrected chi connectivity index (χ2v) is 9.11. The number of nitrogens with two attached hydrogens (primary N) is 1. The molecule has 0 radical (unpaired) electrons. The van der Waals surface area contributed by atoms with Crippen LogP contribution in [0, 0.1) is 0 Å². The third-order valence-corrected chi connectivity index (χ3v) is 6.60. The maximum atomic E-state index is 11.5. The normalized spacial score (nSPS) is 14.0. The summed E-state index contributed by atoms with van der Waals surface area (Å²) >= 11 is 0. The number of ether oxygens (including phenoxy) is 2. The summed E-state index contributed by atoms with van der Waals surface area (Å²) in [7, 11) is 0. The van der Waals surface area contributed by atoms with Crippen LogP contribution < -0.4 is 15.2 Å². The summed E-state index contributed by atoms with van der Waals surface area (Å²) in [6.07, 6.45) is 3.88. The molecule has 1 saturated heterocycles. The van der Waals surface area contributed by atoms with Crippen molar-refractivity contribution >= 4 is 16.7 Å². The Labute approximate surface area is 210 Å². The molecule has 6 nitrogen and oxygen atoms in total. The molecule has 1 heterocycles. The number of aromatic hydroxyl groups is 1. The molecule has 4 aromatic carbocycles. The van der Waals surface area contributed by atoms with E-state index >= 15 is 0 Å². The fourth-order valence-electron chi connectivity index (χ4n) is 4.64. The lowest BCUT2D eigenvalue weighted by atomic mass is 9.98. The van der Waals surface area contributed by atoms with Crippen LogP contribution in [0.2, 0.25) is 0 Å². The molecule has 1 aliphatic rings. The fraction of sp³-hybridized carbons (Fsp3) is 0.233. The molecule has 1 amide bonds. The molecule has 1 aliphatic heterocycles. The van der Waals surface area contributed by atoms with Gasteiger partial charge in [-0.2, -0.15) is 0 Å². The molecule has 36 heavy (non-hydrogen) atoms. The van der Waals surface area contributed by atoms with Gasteiger partial charge < -0.3 is 20.3 Å². The molecule has 4 aromatic rings. The predicted octanol–water partition coefficient (Wildman–Crippen LogP) is 5.97. The van der Waals surface area contributed by atoms with Crippen LogP contribution in [0.4, 0.5) is 0 Å². The lowest BCUT2D eigenvalue weighted by Crippen LogP contribution is -2.33. The van der Waals surface area contributed by atoms with Gasteiger partial charge in [0, 0.05) is 23.1 Å². The predicted molar refractivity (Wildman–Crippen MR) is 142 cm³/mol. The number of carbonyl (C=O) groups excluding carboxylic acids is 1. The van der Waals surface area contributed by atoms with E-state index < -0.39 is 5.91 Å². The van der Waals surface area contributed by atoms with Gasteiger partial charge in [-0.05, 0) is 97.5 Å². The van der Waals surface area contributed by atoms with Gasteiger partial charge in [0.05, 0.1) is 0 Å². The molecular formula is C30H30N2O4. The number of rotatable bonds is 8. The molecule has 184 valence electrons. The van der Waals surface area contributed by atoms with Gasteiger partial charge in [0.2, 0.25) is 5.91 Å². The van der Waals surface area contributed by atoms with Gasteiger partial charge >= 0.3 is 0 Å². The first-order valence-electron chi connectivity index (χ1n) is 12.4. The van der Waals surface area contributed by atoms with Crippen LogP contribution in [-0.4, -0.2) is 42.2 Å². The molecule has 5 rings (SSSR count). The number of fused-ring (bicyclic) bond motifs is 1. The van der Waals surface area contributed by atoms with E-state index in [0.717, 1.165) is 47.3 Å². The van der Waals surface area contributed by atoms with E-state index in [2.05, 4.69) is 4.90 Å². The lowest BCUT2D eigenvalue weighted by Gasteiger charge is -2.26. The SMILES string of the molecule is NC(=O)c1ccc(-c2ccc3cc(O)ccc3c2Oc2ccc(OCCN3CCCCC3)cc2)cc1. The molecule has 3 N–H and O–H groups in total. The molecule has 0 bridgehead atoms. The zero-order chi connectivity index (χ0) is 24.9. The number of amides is 1. The number of carbonyl (C=O) groups is 1. The number of piperidine rings is 1. The Morgan fingerprint density at radius 1 is 0.861 bits per heavy atom. The largest absolute Gasteiger partial charge is 0.508 e. The number of hydrogen-bond donors (Lipinski definition) is 2. The molecule has 0 unspecified atom stereocenters. The summed E-state index contributed by atoms with van der Waals surface area (Å²) in [5.41, 5.74) is 7.61. The quantitative estimate of drug-likeness (QED) is 0.323. The summed E-state index contributed by atoms with van der Waals surface area (Å²) in [6, 6.07) is 23.9. The van der Waals surface area contributed by atoms with E-state index in [1.165, 1.54) is 19.3 Å². The number of hydrogen-bond acceptors (Lipinski definition) is 5. The Morgan fingerprint density at radius 2 is 1.58 bits per heavy atom. The third kappa shape index (κ3) is 5.44. The Hall–Kier alpha value is -4.03. The summed E-state index contributed by atoms with van der Waals surface area (Å²) in [6.45, 7) is 3.93. The molecule has 6 heteroatoms. The van der Waals surface area contributed by atoms with E-state index in [9.17, 15) is 9.90 Å². The Balaban J connectivity index is 1.38. The van der Waals surface area contributed by atoms with Gasteiger partial charge in [-0.15, -0.1) is 0 Å². The summed E-state index contributed by atoms with van der Waals surface area (Å²) in [5.74, 6) is 1.87. The third-order valence-electron chi connectivity index (χ3n) is 6.60. The topological polar surface area (TPSA) is 85.0 Å². The average Bonchev–Trinajstić information content (AvgIpc) is 2.90. The van der Waals surface area contributed by atoms with Crippen molar-refractivity contribution in [2.24, 2.45) is 5.73 Å². The second kappa shape index (κ2) is 10.7. The highest BCUT2D eigenvalue weighted by Gasteiger charge is 2.14. The number of nitrogens with zero attached hydrogens (tertiary/aromatic N) is 1. The van der Waals surface area contributed by atoms with E-state index in [0.29, 0.717) is 23.7 Å². The zero-order valence-electron chi connectivity index (χ0n) is 20.2. The molecule has 0 atom stereocenters. The Bertz CT molecular complexity index is 1340. The van der Waals surface area contributed by atoms with Gasteiger partial charge in [0.15, 0.2) is 0 Å². The first-order valence-corrected chi connectivity index (χ1v) is 12.4. The Kier molecular flexibility index (Phi) is 7.05. The standard InChI is InChI=1S/C30H30N2O4/c31-30(34)22-6-4-21(5-7-22)27-14-8-23-20-24(33)9-15-28(23)29(27)36-26-12-10-25(11-13-26)35-19-18-32-16-2-1-3-17-32/h4-15,20,33H,1-3,16-19H2,(H2,31,34). The van der Waals surface area contributed by atoms with Crippen LogP contribution >= 0.6 is 0 Å². The first kappa shape index (κ1) is 23.7. The van der Waals surface area contributed by atoms with Gasteiger partial charge in [-0.1, -0.05) is 24.6 Å². The zero-order valence-corrected chi connectivity index (χ0v) is 20.2. The molecule has 0 saturated carbocycles. The molecule has 0 spiro atoms. The van der Waals surface area contributed by atoms with Crippen molar-refractivity contribution in [3.8, 4) is 34.1 Å². The van der Waals surface area contributed by atoms with E-state index in [-0.39, 0.29) is 5.75 Å². The van der Waals surface area contributed by atoms with Crippen LogP contribution in [0.1, 0.15) is 29.6 Å². The van der Waals surface area contributed by atoms with Crippen LogP contribution in [-0.2, 0) is 0 Å². The van der Waals surface area contributed by atoms with Crippen molar-refractivity contribution in [1.82, 2.24) is 4.90 Å². The smallest absolute Gasteiger partial charge is 0.248 e. The number of phenols is 1. The van der Waals surface area contributed by atoms with E-state index in [1.807, 2.05) is 54.6 Å². The van der Waals surface area contributed by atoms with Crippen LogP contribution in [0.3, 0.4) is 0 Å². The molecule has 0 aromatic heterocycles. The average molecular weight is 483 g/mol. The summed E-state index contributed by atoms with van der Waals surface area (Å²) in [5, 5.41) is 11.7. The van der Waals surface area contributed by atoms with Gasteiger partial charge in [-0.25, -0.2) is 0 Å². The minimum absolute atomic E-state index is 0.193. The summed E-state index contributed by atoms with van der Waals surface area (Å²) in [4.78, 5) is 14.0. The Morgan fingerprint density at radius 3 is 2.31 bits per heavy atom. The van der Waals surface area contributed by atoms with Crippen molar-refractivity contribution in [2.45, 2.75) is 19.3 Å². The minimum Gasteiger partial charge on any atom is -0.508 e. The van der Waals surface area contributed by atoms with Crippen molar-refractivity contribution in [3.63, 3.8) is 0 Å². The summed E-state index contributed by atoms with van der Waals surface area (Å²) < 4.78 is 12.4. The van der Waals surface area contributed by atoms with Crippen molar-refractivity contribution in [2.75, 3.05) is 26.2 Å². The van der Waals surface area contributed by atoms with E-state index in [4.69, 9.17) is 15.2 Å². The number of phenolic OH excluding ortho intramolecular Hbond substituents is 1. The fourth-order valence-corrected chi connectivity index (χ4v) is 4.64. The van der Waals surface area contributed by atoms with Crippen LogP contribution in [0.25, 0.3) is 21.9 Å². The van der Waals surface area contributed by atoms with Gasteiger partial charge in [0.25, 0.3) is 0 Å². The van der Waals surface area contributed by atoms with Crippen molar-refractivity contribution < 1.29 is 19.4 Å². The molecule has 0 aliphatic carbocycles. The van der Waals surface area contributed by atoms with Gasteiger partial charge in [-0.3, -0.25) is 9.69 Å². The highest BCUT2D eigenvalue weighted by molar-refractivity contribution is 5.97. The lowest BCUT2D eigenvalue weighted by molar-refractivity contribution is 0.100. The highest BCUT2D eigenvalue weighted by Crippen LogP contribution is 2.40. The van der Waals surface area contributed by atoms with Gasteiger partial charge in [0.1, 0.15) is 29.6 Å². The minimum atomic E-state index is -0.467. The number of primary amides is 1. The van der Waals surface area contributed by atoms with Crippen LogP contribution in [0.5, 0.6) is 23.0 Å².